The van der Waals surface area contributed by atoms with Gasteiger partial charge in [0.05, 0.1) is 17.7 Å². The van der Waals surface area contributed by atoms with Crippen LogP contribution in [0.3, 0.4) is 0 Å². The number of aromatic nitrogens is 2. The van der Waals surface area contributed by atoms with E-state index in [9.17, 15) is 4.79 Å². The average Bonchev–Trinajstić information content (AvgIpc) is 3.25. The first kappa shape index (κ1) is 15.8. The van der Waals surface area contributed by atoms with Gasteiger partial charge in [0.1, 0.15) is 5.75 Å². The molecule has 3 aromatic rings. The van der Waals surface area contributed by atoms with Crippen LogP contribution in [0.5, 0.6) is 5.75 Å². The van der Waals surface area contributed by atoms with Crippen molar-refractivity contribution in [2.45, 2.75) is 25.7 Å². The summed E-state index contributed by atoms with van der Waals surface area (Å²) in [4.78, 5) is 14.3. The van der Waals surface area contributed by atoms with Gasteiger partial charge in [-0.3, -0.25) is 4.79 Å². The number of nitrogens with one attached hydrogen (secondary N) is 1. The maximum atomic E-state index is 12.4. The molecule has 2 aromatic heterocycles. The number of carbonyl (C=O) groups excluding carboxylic acids is 1. The second-order valence-electron chi connectivity index (χ2n) is 5.98. The summed E-state index contributed by atoms with van der Waals surface area (Å²) in [5.74, 6) is 2.20. The molecule has 0 unspecified atom stereocenters. The van der Waals surface area contributed by atoms with Crippen LogP contribution in [0.15, 0.2) is 34.7 Å². The molecule has 1 saturated carbocycles. The van der Waals surface area contributed by atoms with Crippen molar-refractivity contribution in [3.05, 3.63) is 46.7 Å². The number of hydrogen-bond donors (Lipinski definition) is 1. The topological polar surface area (TPSA) is 77.2 Å². The van der Waals surface area contributed by atoms with Gasteiger partial charge in [0.25, 0.3) is 11.8 Å². The molecule has 6 nitrogen and oxygen atoms in total. The third-order valence-electron chi connectivity index (χ3n) is 4.10. The number of ether oxygens (including phenoxy) is 1. The summed E-state index contributed by atoms with van der Waals surface area (Å²) in [6.45, 7) is 1.95. The smallest absolute Gasteiger partial charge is 0.257 e. The normalized spacial score (nSPS) is 13.7. The van der Waals surface area contributed by atoms with E-state index in [1.165, 1.54) is 11.3 Å². The van der Waals surface area contributed by atoms with Gasteiger partial charge < -0.3 is 14.5 Å². The Balaban J connectivity index is 1.51. The van der Waals surface area contributed by atoms with E-state index in [1.807, 2.05) is 13.0 Å². The van der Waals surface area contributed by atoms with Gasteiger partial charge in [-0.1, -0.05) is 0 Å². The number of thiophene rings is 1. The van der Waals surface area contributed by atoms with E-state index in [2.05, 4.69) is 15.5 Å². The van der Waals surface area contributed by atoms with Crippen LogP contribution in [-0.2, 0) is 0 Å². The molecule has 1 fully saturated rings. The first-order valence-electron chi connectivity index (χ1n) is 8.03. The Bertz CT molecular complexity index is 910. The molecule has 1 aliphatic carbocycles. The van der Waals surface area contributed by atoms with Crippen LogP contribution in [0.25, 0.3) is 10.8 Å². The summed E-state index contributed by atoms with van der Waals surface area (Å²) in [7, 11) is 1.59. The van der Waals surface area contributed by atoms with Crippen LogP contribution in [-0.4, -0.2) is 23.2 Å². The van der Waals surface area contributed by atoms with Crippen molar-refractivity contribution >= 4 is 22.9 Å². The monoisotopic (exact) mass is 355 g/mol. The predicted molar refractivity (Wildman–Crippen MR) is 95.3 cm³/mol. The molecule has 0 bridgehead atoms. The molecule has 25 heavy (non-hydrogen) atoms. The number of hydrogen-bond acceptors (Lipinski definition) is 6. The summed E-state index contributed by atoms with van der Waals surface area (Å²) < 4.78 is 10.8. The van der Waals surface area contributed by atoms with Crippen molar-refractivity contribution in [3.8, 4) is 16.5 Å². The minimum absolute atomic E-state index is 0.167. The van der Waals surface area contributed by atoms with Crippen LogP contribution >= 0.6 is 11.3 Å². The summed E-state index contributed by atoms with van der Waals surface area (Å²) in [6, 6.07) is 8.87. The van der Waals surface area contributed by atoms with Crippen LogP contribution in [0.1, 0.15) is 39.9 Å². The molecule has 2 heterocycles. The van der Waals surface area contributed by atoms with Gasteiger partial charge in [-0.05, 0) is 50.1 Å². The summed E-state index contributed by atoms with van der Waals surface area (Å²) in [5.41, 5.74) is 1.33. The highest BCUT2D eigenvalue weighted by Crippen LogP contribution is 2.41. The summed E-state index contributed by atoms with van der Waals surface area (Å²) in [6.07, 6.45) is 2.24. The van der Waals surface area contributed by atoms with E-state index >= 15 is 0 Å². The van der Waals surface area contributed by atoms with Crippen molar-refractivity contribution < 1.29 is 13.9 Å². The number of methoxy groups -OCH3 is 1. The first-order valence-corrected chi connectivity index (χ1v) is 8.85. The van der Waals surface area contributed by atoms with Crippen molar-refractivity contribution in [2.75, 3.05) is 12.4 Å². The third kappa shape index (κ3) is 3.28. The molecule has 1 N–H and O–H groups in total. The fourth-order valence-electron chi connectivity index (χ4n) is 2.48. The lowest BCUT2D eigenvalue weighted by molar-refractivity contribution is 0.102. The maximum Gasteiger partial charge on any atom is 0.257 e. The highest BCUT2D eigenvalue weighted by atomic mass is 32.1. The number of carbonyl (C=O) groups is 1. The standard InChI is InChI=1S/C18H17N3O3S/c1-10-14(19-16(22)11-5-7-13(23-2)8-6-11)9-15(25-10)18-21-20-17(24-18)12-3-4-12/h5-9,12H,3-4H2,1-2H3,(H,19,22). The molecule has 1 aliphatic rings. The highest BCUT2D eigenvalue weighted by Gasteiger charge is 2.29. The SMILES string of the molecule is COc1ccc(C(=O)Nc2cc(-c3nnc(C4CC4)o3)sc2C)cc1. The predicted octanol–water partition coefficient (Wildman–Crippen LogP) is 4.24. The lowest BCUT2D eigenvalue weighted by Gasteiger charge is -2.05. The minimum Gasteiger partial charge on any atom is -0.497 e. The second-order valence-corrected chi connectivity index (χ2v) is 7.24. The van der Waals surface area contributed by atoms with Gasteiger partial charge in [-0.2, -0.15) is 0 Å². The van der Waals surface area contributed by atoms with E-state index in [-0.39, 0.29) is 5.91 Å². The first-order chi connectivity index (χ1) is 12.1. The van der Waals surface area contributed by atoms with Crippen molar-refractivity contribution in [1.82, 2.24) is 10.2 Å². The lowest BCUT2D eigenvalue weighted by Crippen LogP contribution is -2.11. The molecule has 4 rings (SSSR count). The number of benzene rings is 1. The van der Waals surface area contributed by atoms with E-state index in [4.69, 9.17) is 9.15 Å². The van der Waals surface area contributed by atoms with Gasteiger partial charge in [-0.25, -0.2) is 0 Å². The third-order valence-corrected chi connectivity index (χ3v) is 5.13. The molecular formula is C18H17N3O3S. The summed E-state index contributed by atoms with van der Waals surface area (Å²) in [5, 5.41) is 11.2. The minimum atomic E-state index is -0.167. The van der Waals surface area contributed by atoms with E-state index < -0.39 is 0 Å². The Morgan fingerprint density at radius 2 is 2.04 bits per heavy atom. The molecule has 0 aliphatic heterocycles. The summed E-state index contributed by atoms with van der Waals surface area (Å²) >= 11 is 1.53. The fourth-order valence-corrected chi connectivity index (χ4v) is 3.37. The van der Waals surface area contributed by atoms with Crippen LogP contribution in [0, 0.1) is 6.92 Å². The van der Waals surface area contributed by atoms with Gasteiger partial charge in [0.15, 0.2) is 0 Å². The van der Waals surface area contributed by atoms with Gasteiger partial charge in [0, 0.05) is 16.4 Å². The van der Waals surface area contributed by atoms with Gasteiger partial charge in [-0.15, -0.1) is 21.5 Å². The van der Waals surface area contributed by atoms with Crippen molar-refractivity contribution in [3.63, 3.8) is 0 Å². The Morgan fingerprint density at radius 3 is 2.72 bits per heavy atom. The van der Waals surface area contributed by atoms with Crippen molar-refractivity contribution in [1.29, 1.82) is 0 Å². The molecule has 128 valence electrons. The Morgan fingerprint density at radius 1 is 1.28 bits per heavy atom. The van der Waals surface area contributed by atoms with Gasteiger partial charge >= 0.3 is 0 Å². The second kappa shape index (κ2) is 6.33. The van der Waals surface area contributed by atoms with Gasteiger partial charge in [0.2, 0.25) is 5.89 Å². The molecular weight excluding hydrogens is 338 g/mol. The number of aryl methyl sites for hydroxylation is 1. The largest absolute Gasteiger partial charge is 0.497 e. The molecule has 1 amide bonds. The lowest BCUT2D eigenvalue weighted by atomic mass is 10.2. The van der Waals surface area contributed by atoms with E-state index in [1.54, 1.807) is 31.4 Å². The molecule has 0 radical (unpaired) electrons. The maximum absolute atomic E-state index is 12.4. The zero-order valence-corrected chi connectivity index (χ0v) is 14.7. The molecule has 0 saturated heterocycles. The molecule has 7 heteroatoms. The van der Waals surface area contributed by atoms with E-state index in [0.29, 0.717) is 29.0 Å². The molecule has 1 aromatic carbocycles. The van der Waals surface area contributed by atoms with Crippen LogP contribution < -0.4 is 10.1 Å². The quantitative estimate of drug-likeness (QED) is 0.740. The average molecular weight is 355 g/mol. The number of amides is 1. The Labute approximate surface area is 148 Å². The van der Waals surface area contributed by atoms with E-state index in [0.717, 1.165) is 28.3 Å². The van der Waals surface area contributed by atoms with Crippen LogP contribution in [0.4, 0.5) is 5.69 Å². The number of rotatable bonds is 5. The number of anilines is 1. The van der Waals surface area contributed by atoms with Crippen molar-refractivity contribution in [2.24, 2.45) is 0 Å². The Kier molecular flexibility index (Phi) is 4.01. The Hall–Kier alpha value is -2.67. The van der Waals surface area contributed by atoms with Crippen LogP contribution in [0.2, 0.25) is 0 Å². The highest BCUT2D eigenvalue weighted by molar-refractivity contribution is 7.15. The molecule has 0 spiro atoms. The zero-order valence-electron chi connectivity index (χ0n) is 13.9. The number of nitrogens with zero attached hydrogens (tertiary/aromatic N) is 2. The fraction of sp³-hybridized carbons (Fsp3) is 0.278. The zero-order chi connectivity index (χ0) is 17.4. The molecule has 0 atom stereocenters.